The zero-order chi connectivity index (χ0) is 49.0. The summed E-state index contributed by atoms with van der Waals surface area (Å²) in [7, 11) is 7.44. The number of hydrogen-bond donors (Lipinski definition) is 0. The molecule has 0 aromatic rings. The lowest BCUT2D eigenvalue weighted by Crippen LogP contribution is -2.37. The van der Waals surface area contributed by atoms with Gasteiger partial charge < -0.3 is 28.9 Å². The molecule has 11 nitrogen and oxygen atoms in total. The van der Waals surface area contributed by atoms with E-state index >= 15 is 0 Å². The van der Waals surface area contributed by atoms with Crippen molar-refractivity contribution in [1.29, 1.82) is 0 Å². The molecule has 0 aromatic carbocycles. The number of carbonyl (C=O) groups is 5. The molecule has 0 rings (SSSR count). The predicted octanol–water partition coefficient (Wildman–Crippen LogP) is 13.0. The topological polar surface area (TPSA) is 123 Å². The van der Waals surface area contributed by atoms with Crippen molar-refractivity contribution in [1.82, 2.24) is 14.7 Å². The Balaban J connectivity index is 4.84. The zero-order valence-electron chi connectivity index (χ0n) is 44.4. The van der Waals surface area contributed by atoms with Crippen LogP contribution in [0.15, 0.2) is 0 Å². The number of likely N-dealkylation sites (N-methyl/N-ethyl adjacent to an activating group) is 2. The van der Waals surface area contributed by atoms with E-state index in [-0.39, 0.29) is 60.8 Å². The van der Waals surface area contributed by atoms with Gasteiger partial charge in [-0.25, -0.2) is 0 Å². The molecule has 0 aromatic heterocycles. The Kier molecular flexibility index (Phi) is 43.0. The highest BCUT2D eigenvalue weighted by atomic mass is 16.5. The lowest BCUT2D eigenvalue weighted by Gasteiger charge is -2.23. The number of nitrogens with zero attached hydrogens (tertiary/aromatic N) is 3. The van der Waals surface area contributed by atoms with E-state index in [2.05, 4.69) is 32.6 Å². The van der Waals surface area contributed by atoms with Crippen molar-refractivity contribution in [2.75, 3.05) is 61.0 Å². The monoisotopic (exact) mass is 936 g/mol. The van der Waals surface area contributed by atoms with Gasteiger partial charge in [-0.15, -0.1) is 0 Å². The Morgan fingerprint density at radius 2 is 0.697 bits per heavy atom. The summed E-state index contributed by atoms with van der Waals surface area (Å²) >= 11 is 0. The van der Waals surface area contributed by atoms with Crippen LogP contribution in [0.3, 0.4) is 0 Å². The number of hydrogen-bond acceptors (Lipinski definition) is 9. The summed E-state index contributed by atoms with van der Waals surface area (Å²) in [5, 5.41) is 0. The standard InChI is InChI=1S/C55H105N3O8/c1-9-13-17-21-23-29-38-48(36-27-19-15-11-3)54(62)57(7)46-52(60)64-44-33-25-31-40-50(66-51(59)42-35-43-56(5)6)41-32-26-34-45-65-53(61)47-58(8)55(63)49(37-28-20-16-12-4)39-30-24-22-18-14-10-2/h48-50H,9-47H2,1-8H3. The van der Waals surface area contributed by atoms with Gasteiger partial charge in [-0.1, -0.05) is 156 Å². The van der Waals surface area contributed by atoms with Gasteiger partial charge in [-0.05, 0) is 104 Å². The van der Waals surface area contributed by atoms with Crippen LogP contribution in [0.4, 0.5) is 0 Å². The highest BCUT2D eigenvalue weighted by molar-refractivity contribution is 5.84. The maximum atomic E-state index is 13.4. The summed E-state index contributed by atoms with van der Waals surface area (Å²) in [6, 6.07) is 0. The quantitative estimate of drug-likeness (QED) is 0.0333. The van der Waals surface area contributed by atoms with E-state index in [0.29, 0.717) is 32.5 Å². The number of carbonyl (C=O) groups excluding carboxylic acids is 5. The van der Waals surface area contributed by atoms with Crippen LogP contribution in [-0.4, -0.2) is 112 Å². The Labute approximate surface area is 406 Å². The first-order chi connectivity index (χ1) is 31.9. The molecule has 2 amide bonds. The summed E-state index contributed by atoms with van der Waals surface area (Å²) in [4.78, 5) is 70.3. The van der Waals surface area contributed by atoms with Crippen molar-refractivity contribution in [2.45, 2.75) is 252 Å². The normalized spacial score (nSPS) is 12.7. The van der Waals surface area contributed by atoms with Gasteiger partial charge in [0, 0.05) is 32.4 Å². The van der Waals surface area contributed by atoms with Gasteiger partial charge in [0.1, 0.15) is 19.2 Å². The SMILES string of the molecule is CCCCCCCCC(CCCCCC)C(=O)N(C)CC(=O)OCCCCCC(CCCCCOC(=O)CN(C)C(=O)C(CCCCCC)CCCCCCCC)OC(=O)CCCN(C)C. The van der Waals surface area contributed by atoms with Crippen molar-refractivity contribution in [3.63, 3.8) is 0 Å². The molecule has 0 aliphatic carbocycles. The highest BCUT2D eigenvalue weighted by Gasteiger charge is 2.25. The molecular weight excluding hydrogens is 831 g/mol. The molecular formula is C55H105N3O8. The number of esters is 3. The third-order valence-corrected chi connectivity index (χ3v) is 13.0. The minimum Gasteiger partial charge on any atom is -0.464 e. The Morgan fingerprint density at radius 1 is 0.379 bits per heavy atom. The van der Waals surface area contributed by atoms with Gasteiger partial charge in [-0.3, -0.25) is 24.0 Å². The second-order valence-electron chi connectivity index (χ2n) is 19.8. The molecule has 0 heterocycles. The Hall–Kier alpha value is -2.69. The highest BCUT2D eigenvalue weighted by Crippen LogP contribution is 2.23. The van der Waals surface area contributed by atoms with Crippen molar-refractivity contribution in [3.05, 3.63) is 0 Å². The Morgan fingerprint density at radius 3 is 1.06 bits per heavy atom. The average Bonchev–Trinajstić information content (AvgIpc) is 3.28. The molecule has 66 heavy (non-hydrogen) atoms. The Bertz CT molecular complexity index is 1120. The fraction of sp³-hybridized carbons (Fsp3) is 0.909. The molecule has 0 radical (unpaired) electrons. The van der Waals surface area contributed by atoms with Gasteiger partial charge in [-0.2, -0.15) is 0 Å². The predicted molar refractivity (Wildman–Crippen MR) is 272 cm³/mol. The van der Waals surface area contributed by atoms with E-state index in [1.165, 1.54) is 77.0 Å². The first kappa shape index (κ1) is 63.3. The second-order valence-corrected chi connectivity index (χ2v) is 19.8. The molecule has 0 N–H and O–H groups in total. The zero-order valence-corrected chi connectivity index (χ0v) is 44.4. The summed E-state index contributed by atoms with van der Waals surface area (Å²) in [5.74, 6) is -0.851. The molecule has 11 heteroatoms. The molecule has 0 bridgehead atoms. The first-order valence-corrected chi connectivity index (χ1v) is 27.5. The van der Waals surface area contributed by atoms with Crippen molar-refractivity contribution in [3.8, 4) is 0 Å². The maximum Gasteiger partial charge on any atom is 0.325 e. The summed E-state index contributed by atoms with van der Waals surface area (Å²) < 4.78 is 17.1. The summed E-state index contributed by atoms with van der Waals surface area (Å²) in [6.45, 7) is 10.2. The summed E-state index contributed by atoms with van der Waals surface area (Å²) in [6.07, 6.45) is 34.2. The first-order valence-electron chi connectivity index (χ1n) is 27.5. The van der Waals surface area contributed by atoms with Crippen LogP contribution in [0, 0.1) is 11.8 Å². The molecule has 388 valence electrons. The fourth-order valence-corrected chi connectivity index (χ4v) is 8.74. The molecule has 0 aliphatic heterocycles. The van der Waals surface area contributed by atoms with Crippen molar-refractivity contribution >= 4 is 29.7 Å². The molecule has 0 aliphatic rings. The second kappa shape index (κ2) is 44.8. The van der Waals surface area contributed by atoms with Crippen LogP contribution in [0.25, 0.3) is 0 Å². The van der Waals surface area contributed by atoms with Crippen LogP contribution in [0.1, 0.15) is 246 Å². The van der Waals surface area contributed by atoms with Crippen molar-refractivity contribution < 1.29 is 38.2 Å². The van der Waals surface area contributed by atoms with Crippen LogP contribution in [0.2, 0.25) is 0 Å². The van der Waals surface area contributed by atoms with E-state index < -0.39 is 0 Å². The molecule has 0 saturated carbocycles. The van der Waals surface area contributed by atoms with E-state index in [1.54, 1.807) is 23.9 Å². The van der Waals surface area contributed by atoms with Crippen LogP contribution in [-0.2, 0) is 38.2 Å². The largest absolute Gasteiger partial charge is 0.464 e. The number of unbranched alkanes of at least 4 members (excludes halogenated alkanes) is 20. The summed E-state index contributed by atoms with van der Waals surface area (Å²) in [5.41, 5.74) is 0. The van der Waals surface area contributed by atoms with E-state index in [1.807, 2.05) is 14.1 Å². The number of amides is 2. The molecule has 0 saturated heterocycles. The lowest BCUT2D eigenvalue weighted by atomic mass is 9.93. The molecule has 2 atom stereocenters. The van der Waals surface area contributed by atoms with Gasteiger partial charge in [0.05, 0.1) is 13.2 Å². The molecule has 0 fully saturated rings. The van der Waals surface area contributed by atoms with Crippen LogP contribution in [0.5, 0.6) is 0 Å². The van der Waals surface area contributed by atoms with Gasteiger partial charge >= 0.3 is 17.9 Å². The lowest BCUT2D eigenvalue weighted by molar-refractivity contribution is -0.151. The third kappa shape index (κ3) is 37.3. The van der Waals surface area contributed by atoms with E-state index in [0.717, 1.165) is 129 Å². The maximum absolute atomic E-state index is 13.4. The fourth-order valence-electron chi connectivity index (χ4n) is 8.74. The van der Waals surface area contributed by atoms with Crippen molar-refractivity contribution in [2.24, 2.45) is 11.8 Å². The van der Waals surface area contributed by atoms with E-state index in [9.17, 15) is 24.0 Å². The minimum absolute atomic E-state index is 0.0262. The minimum atomic E-state index is -0.369. The number of ether oxygens (including phenoxy) is 3. The smallest absolute Gasteiger partial charge is 0.325 e. The average molecular weight is 936 g/mol. The molecule has 2 unspecified atom stereocenters. The third-order valence-electron chi connectivity index (χ3n) is 13.0. The van der Waals surface area contributed by atoms with Crippen LogP contribution < -0.4 is 0 Å². The van der Waals surface area contributed by atoms with Gasteiger partial charge in [0.15, 0.2) is 0 Å². The van der Waals surface area contributed by atoms with Gasteiger partial charge in [0.2, 0.25) is 11.8 Å². The van der Waals surface area contributed by atoms with Crippen LogP contribution >= 0.6 is 0 Å². The molecule has 0 spiro atoms. The van der Waals surface area contributed by atoms with Gasteiger partial charge in [0.25, 0.3) is 0 Å². The van der Waals surface area contributed by atoms with E-state index in [4.69, 9.17) is 14.2 Å². The number of rotatable bonds is 47.